The van der Waals surface area contributed by atoms with Gasteiger partial charge in [0.2, 0.25) is 21.1 Å². The van der Waals surface area contributed by atoms with E-state index in [2.05, 4.69) is 20.5 Å². The van der Waals surface area contributed by atoms with Gasteiger partial charge in [0.25, 0.3) is 0 Å². The minimum Gasteiger partial charge on any atom is -0.354 e. The summed E-state index contributed by atoms with van der Waals surface area (Å²) >= 11 is 13.2. The van der Waals surface area contributed by atoms with Crippen LogP contribution in [0.25, 0.3) is 11.4 Å². The number of hydrogen-bond donors (Lipinski definition) is 2. The molecule has 0 fully saturated rings. The van der Waals surface area contributed by atoms with E-state index in [1.54, 1.807) is 0 Å². The molecule has 31 heavy (non-hydrogen) atoms. The summed E-state index contributed by atoms with van der Waals surface area (Å²) in [5.74, 6) is 0.748. The quantitative estimate of drug-likeness (QED) is 0.345. The number of amides is 1. The molecule has 0 aliphatic carbocycles. The molecular weight excluding hydrogens is 481 g/mol. The average molecular weight is 500 g/mol. The zero-order chi connectivity index (χ0) is 22.4. The number of benzene rings is 2. The Morgan fingerprint density at radius 2 is 1.94 bits per heavy atom. The summed E-state index contributed by atoms with van der Waals surface area (Å²) in [7, 11) is -2.65. The van der Waals surface area contributed by atoms with E-state index in [0.717, 1.165) is 9.87 Å². The molecule has 0 unspecified atom stereocenters. The molecule has 1 aromatic heterocycles. The van der Waals surface area contributed by atoms with Crippen molar-refractivity contribution in [2.45, 2.75) is 10.1 Å². The Hall–Kier alpha value is -2.11. The molecule has 2 N–H and O–H groups in total. The first kappa shape index (κ1) is 23.6. The van der Waals surface area contributed by atoms with Crippen molar-refractivity contribution >= 4 is 50.9 Å². The van der Waals surface area contributed by atoms with Gasteiger partial charge in [-0.15, -0.1) is 5.10 Å². The van der Waals surface area contributed by atoms with Crippen molar-refractivity contribution in [2.75, 3.05) is 25.9 Å². The molecule has 0 saturated heterocycles. The molecule has 3 rings (SSSR count). The number of H-pyrrole nitrogens is 1. The van der Waals surface area contributed by atoms with Crippen LogP contribution in [0, 0.1) is 0 Å². The van der Waals surface area contributed by atoms with Crippen LogP contribution in [0.15, 0.2) is 58.6 Å². The van der Waals surface area contributed by atoms with Crippen molar-refractivity contribution in [1.29, 1.82) is 0 Å². The normalized spacial score (nSPS) is 11.6. The van der Waals surface area contributed by atoms with Gasteiger partial charge in [-0.2, -0.15) is 4.31 Å². The predicted octanol–water partition coefficient (Wildman–Crippen LogP) is 3.31. The van der Waals surface area contributed by atoms with Gasteiger partial charge in [-0.05, 0) is 18.2 Å². The Kier molecular flexibility index (Phi) is 7.95. The van der Waals surface area contributed by atoms with E-state index < -0.39 is 15.9 Å². The second-order valence-electron chi connectivity index (χ2n) is 6.37. The number of thioether (sulfide) groups is 1. The first-order chi connectivity index (χ1) is 14.8. The molecule has 8 nitrogen and oxygen atoms in total. The van der Waals surface area contributed by atoms with Crippen molar-refractivity contribution in [3.63, 3.8) is 0 Å². The number of aromatic amines is 1. The standard InChI is InChI=1S/C19H19Cl2N5O3S2/c1-26(31(28,29)16-11-14(20)7-8-15(16)21)12-17(27)22-9-10-30-19-23-18(24-25-19)13-5-3-2-4-6-13/h2-8,11H,9-10,12H2,1H3,(H,22,27)(H,23,24,25). The van der Waals surface area contributed by atoms with Crippen molar-refractivity contribution < 1.29 is 13.2 Å². The molecule has 1 amide bonds. The molecule has 164 valence electrons. The van der Waals surface area contributed by atoms with Gasteiger partial charge < -0.3 is 5.32 Å². The Bertz CT molecular complexity index is 1160. The number of carbonyl (C=O) groups excluding carboxylic acids is 1. The Balaban J connectivity index is 1.47. The van der Waals surface area contributed by atoms with Crippen molar-refractivity contribution in [1.82, 2.24) is 24.8 Å². The minimum atomic E-state index is -3.96. The minimum absolute atomic E-state index is 0.0365. The third-order valence-corrected chi connectivity index (χ3v) is 7.48. The number of sulfonamides is 1. The lowest BCUT2D eigenvalue weighted by atomic mass is 10.2. The molecule has 3 aromatic rings. The van der Waals surface area contributed by atoms with Gasteiger partial charge in [-0.1, -0.05) is 65.3 Å². The summed E-state index contributed by atoms with van der Waals surface area (Å²) < 4.78 is 26.2. The van der Waals surface area contributed by atoms with Gasteiger partial charge >= 0.3 is 0 Å². The largest absolute Gasteiger partial charge is 0.354 e. The van der Waals surface area contributed by atoms with Crippen LogP contribution in [0.1, 0.15) is 0 Å². The van der Waals surface area contributed by atoms with Gasteiger partial charge in [-0.3, -0.25) is 9.89 Å². The summed E-state index contributed by atoms with van der Waals surface area (Å²) in [5, 5.41) is 10.5. The summed E-state index contributed by atoms with van der Waals surface area (Å²) in [6.07, 6.45) is 0. The first-order valence-electron chi connectivity index (χ1n) is 9.06. The highest BCUT2D eigenvalue weighted by atomic mass is 35.5. The maximum atomic E-state index is 12.7. The van der Waals surface area contributed by atoms with Crippen LogP contribution in [0.4, 0.5) is 0 Å². The predicted molar refractivity (Wildman–Crippen MR) is 122 cm³/mol. The SMILES string of the molecule is CN(CC(=O)NCCSc1n[nH]c(-c2ccccc2)n1)S(=O)(=O)c1cc(Cl)ccc1Cl. The van der Waals surface area contributed by atoms with E-state index >= 15 is 0 Å². The van der Waals surface area contributed by atoms with E-state index in [1.807, 2.05) is 30.3 Å². The molecule has 0 atom stereocenters. The number of rotatable bonds is 9. The van der Waals surface area contributed by atoms with Crippen LogP contribution >= 0.6 is 35.0 Å². The number of aromatic nitrogens is 3. The van der Waals surface area contributed by atoms with E-state index in [4.69, 9.17) is 23.2 Å². The van der Waals surface area contributed by atoms with Crippen LogP contribution in [0.5, 0.6) is 0 Å². The van der Waals surface area contributed by atoms with Gasteiger partial charge in [0.1, 0.15) is 4.90 Å². The first-order valence-corrected chi connectivity index (χ1v) is 12.2. The lowest BCUT2D eigenvalue weighted by Gasteiger charge is -2.17. The summed E-state index contributed by atoms with van der Waals surface area (Å²) in [6.45, 7) is -0.0286. The fourth-order valence-electron chi connectivity index (χ4n) is 2.55. The second-order valence-corrected chi connectivity index (χ2v) is 10.3. The molecule has 0 spiro atoms. The van der Waals surface area contributed by atoms with E-state index in [1.165, 1.54) is 37.0 Å². The molecule has 0 aliphatic heterocycles. The molecule has 0 aliphatic rings. The van der Waals surface area contributed by atoms with E-state index in [0.29, 0.717) is 23.3 Å². The number of halogens is 2. The monoisotopic (exact) mass is 499 g/mol. The van der Waals surface area contributed by atoms with Crippen LogP contribution < -0.4 is 5.32 Å². The van der Waals surface area contributed by atoms with Gasteiger partial charge in [0.05, 0.1) is 11.6 Å². The molecule has 0 saturated carbocycles. The summed E-state index contributed by atoms with van der Waals surface area (Å²) in [6, 6.07) is 13.7. The highest BCUT2D eigenvalue weighted by Crippen LogP contribution is 2.27. The van der Waals surface area contributed by atoms with Crippen molar-refractivity contribution in [2.24, 2.45) is 0 Å². The zero-order valence-electron chi connectivity index (χ0n) is 16.4. The molecule has 2 aromatic carbocycles. The van der Waals surface area contributed by atoms with Gasteiger partial charge in [0, 0.05) is 29.9 Å². The molecule has 12 heteroatoms. The Labute approximate surface area is 194 Å². The molecule has 0 bridgehead atoms. The van der Waals surface area contributed by atoms with Crippen LogP contribution in [-0.4, -0.2) is 59.7 Å². The second kappa shape index (κ2) is 10.5. The van der Waals surface area contributed by atoms with Crippen LogP contribution in [0.2, 0.25) is 10.0 Å². The number of hydrogen-bond acceptors (Lipinski definition) is 6. The average Bonchev–Trinajstić information content (AvgIpc) is 3.22. The van der Waals surface area contributed by atoms with Crippen molar-refractivity contribution in [3.8, 4) is 11.4 Å². The van der Waals surface area contributed by atoms with Gasteiger partial charge in [-0.25, -0.2) is 13.4 Å². The van der Waals surface area contributed by atoms with E-state index in [9.17, 15) is 13.2 Å². The Morgan fingerprint density at radius 3 is 2.68 bits per heavy atom. The number of nitrogens with one attached hydrogen (secondary N) is 2. The number of nitrogens with zero attached hydrogens (tertiary/aromatic N) is 3. The highest BCUT2D eigenvalue weighted by molar-refractivity contribution is 7.99. The van der Waals surface area contributed by atoms with Crippen LogP contribution in [-0.2, 0) is 14.8 Å². The third-order valence-electron chi connectivity index (χ3n) is 4.12. The van der Waals surface area contributed by atoms with E-state index in [-0.39, 0.29) is 21.5 Å². The summed E-state index contributed by atoms with van der Waals surface area (Å²) in [4.78, 5) is 16.4. The number of likely N-dealkylation sites (N-methyl/N-ethyl adjacent to an activating group) is 1. The topological polar surface area (TPSA) is 108 Å². The van der Waals surface area contributed by atoms with Gasteiger partial charge in [0.15, 0.2) is 5.82 Å². The Morgan fingerprint density at radius 1 is 1.19 bits per heavy atom. The lowest BCUT2D eigenvalue weighted by Crippen LogP contribution is -2.39. The van der Waals surface area contributed by atoms with Crippen molar-refractivity contribution in [3.05, 3.63) is 58.6 Å². The summed E-state index contributed by atoms with van der Waals surface area (Å²) in [5.41, 5.74) is 0.930. The fraction of sp³-hybridized carbons (Fsp3) is 0.211. The zero-order valence-corrected chi connectivity index (χ0v) is 19.5. The van der Waals surface area contributed by atoms with Crippen LogP contribution in [0.3, 0.4) is 0 Å². The smallest absolute Gasteiger partial charge is 0.244 e. The highest BCUT2D eigenvalue weighted by Gasteiger charge is 2.25. The number of carbonyl (C=O) groups is 1. The molecular formula is C19H19Cl2N5O3S2. The maximum absolute atomic E-state index is 12.7. The molecule has 0 radical (unpaired) electrons. The molecule has 1 heterocycles. The third kappa shape index (κ3) is 6.20. The fourth-order valence-corrected chi connectivity index (χ4v) is 5.07. The lowest BCUT2D eigenvalue weighted by molar-refractivity contribution is -0.121. The maximum Gasteiger partial charge on any atom is 0.244 e.